The average Bonchev–Trinajstić information content (AvgIpc) is 2.43. The number of hydrogen-bond donors (Lipinski definition) is 1. The molecule has 0 bridgehead atoms. The third-order valence-electron chi connectivity index (χ3n) is 3.40. The minimum Gasteiger partial charge on any atom is -0.464 e. The molecule has 0 aromatic rings. The first-order valence-electron chi connectivity index (χ1n) is 8.07. The zero-order valence-electron chi connectivity index (χ0n) is 12.8. The van der Waals surface area contributed by atoms with Crippen LogP contribution in [0.1, 0.15) is 84.5 Å². The normalized spacial score (nSPS) is 12.4. The Morgan fingerprint density at radius 2 is 1.37 bits per heavy atom. The summed E-state index contributed by atoms with van der Waals surface area (Å²) in [6, 6.07) is 0. The van der Waals surface area contributed by atoms with Crippen LogP contribution in [-0.2, 0) is 9.53 Å². The Morgan fingerprint density at radius 1 is 0.895 bits per heavy atom. The number of carbonyl (C=O) groups is 1. The lowest BCUT2D eigenvalue weighted by molar-refractivity contribution is -0.153. The summed E-state index contributed by atoms with van der Waals surface area (Å²) < 4.78 is 4.98. The van der Waals surface area contributed by atoms with E-state index in [1.165, 1.54) is 51.4 Å². The molecule has 0 amide bonds. The lowest BCUT2D eigenvalue weighted by Crippen LogP contribution is -2.22. The summed E-state index contributed by atoms with van der Waals surface area (Å²) in [5.74, 6) is -0.474. The fourth-order valence-electron chi connectivity index (χ4n) is 2.03. The van der Waals surface area contributed by atoms with Crippen molar-refractivity contribution in [3.05, 3.63) is 0 Å². The maximum absolute atomic E-state index is 11.2. The number of aliphatic hydroxyl groups excluding tert-OH is 1. The number of esters is 1. The van der Waals surface area contributed by atoms with Gasteiger partial charge in [0.05, 0.1) is 6.61 Å². The summed E-state index contributed by atoms with van der Waals surface area (Å²) in [5.41, 5.74) is 0. The second kappa shape index (κ2) is 13.9. The van der Waals surface area contributed by atoms with Gasteiger partial charge in [0.15, 0.2) is 6.10 Å². The number of aliphatic hydroxyl groups is 1. The van der Waals surface area contributed by atoms with Crippen LogP contribution in [0.3, 0.4) is 0 Å². The molecule has 19 heavy (non-hydrogen) atoms. The van der Waals surface area contributed by atoms with Crippen LogP contribution < -0.4 is 0 Å². The highest BCUT2D eigenvalue weighted by Gasteiger charge is 2.12. The summed E-state index contributed by atoms with van der Waals surface area (Å²) in [6.45, 7) is 4.46. The van der Waals surface area contributed by atoms with Crippen molar-refractivity contribution in [2.45, 2.75) is 90.6 Å². The number of ether oxygens (including phenoxy) is 1. The molecule has 0 rings (SSSR count). The predicted molar refractivity (Wildman–Crippen MR) is 79.1 cm³/mol. The van der Waals surface area contributed by atoms with Gasteiger partial charge in [0.25, 0.3) is 0 Å². The first-order chi connectivity index (χ1) is 9.22. The van der Waals surface area contributed by atoms with E-state index in [0.29, 0.717) is 13.0 Å². The van der Waals surface area contributed by atoms with Gasteiger partial charge in [-0.3, -0.25) is 0 Å². The fourth-order valence-corrected chi connectivity index (χ4v) is 2.03. The van der Waals surface area contributed by atoms with Crippen LogP contribution in [0.4, 0.5) is 0 Å². The monoisotopic (exact) mass is 272 g/mol. The molecule has 0 radical (unpaired) electrons. The van der Waals surface area contributed by atoms with Gasteiger partial charge < -0.3 is 9.84 Å². The summed E-state index contributed by atoms with van der Waals surface area (Å²) in [5, 5.41) is 9.21. The minimum atomic E-state index is -0.942. The smallest absolute Gasteiger partial charge is 0.334 e. The van der Waals surface area contributed by atoms with Gasteiger partial charge in [-0.05, 0) is 12.8 Å². The Balaban J connectivity index is 3.13. The van der Waals surface area contributed by atoms with Crippen LogP contribution in [0.25, 0.3) is 0 Å². The molecule has 0 aliphatic rings. The van der Waals surface area contributed by atoms with Crippen molar-refractivity contribution in [2.75, 3.05) is 6.61 Å². The largest absolute Gasteiger partial charge is 0.464 e. The minimum absolute atomic E-state index is 0.427. The van der Waals surface area contributed by atoms with Gasteiger partial charge in [-0.25, -0.2) is 4.79 Å². The molecule has 1 atom stereocenters. The predicted octanol–water partition coefficient (Wildman–Crippen LogP) is 4.22. The van der Waals surface area contributed by atoms with E-state index in [-0.39, 0.29) is 0 Å². The topological polar surface area (TPSA) is 46.5 Å². The molecule has 0 aromatic heterocycles. The fraction of sp³-hybridized carbons (Fsp3) is 0.938. The molecule has 0 heterocycles. The van der Waals surface area contributed by atoms with E-state index in [2.05, 4.69) is 6.92 Å². The van der Waals surface area contributed by atoms with Gasteiger partial charge in [-0.15, -0.1) is 0 Å². The summed E-state index contributed by atoms with van der Waals surface area (Å²) >= 11 is 0. The van der Waals surface area contributed by atoms with Crippen LogP contribution in [0.5, 0.6) is 0 Å². The van der Waals surface area contributed by atoms with Gasteiger partial charge >= 0.3 is 5.97 Å². The summed E-state index contributed by atoms with van der Waals surface area (Å²) in [6.07, 6.45) is 12.2. The van der Waals surface area contributed by atoms with E-state index in [4.69, 9.17) is 4.74 Å². The zero-order chi connectivity index (χ0) is 14.3. The Morgan fingerprint density at radius 3 is 1.84 bits per heavy atom. The molecule has 114 valence electrons. The van der Waals surface area contributed by atoms with Crippen molar-refractivity contribution in [3.63, 3.8) is 0 Å². The Hall–Kier alpha value is -0.570. The first kappa shape index (κ1) is 18.4. The molecule has 0 saturated carbocycles. The van der Waals surface area contributed by atoms with Gasteiger partial charge in [0, 0.05) is 0 Å². The van der Waals surface area contributed by atoms with Crippen molar-refractivity contribution in [3.8, 4) is 0 Å². The highest BCUT2D eigenvalue weighted by Crippen LogP contribution is 2.10. The van der Waals surface area contributed by atoms with Crippen molar-refractivity contribution >= 4 is 5.97 Å². The van der Waals surface area contributed by atoms with E-state index in [1.54, 1.807) is 6.92 Å². The van der Waals surface area contributed by atoms with Gasteiger partial charge in [-0.1, -0.05) is 71.6 Å². The molecule has 0 aromatic carbocycles. The Labute approximate surface area is 118 Å². The molecule has 1 N–H and O–H groups in total. The molecule has 3 nitrogen and oxygen atoms in total. The third-order valence-corrected chi connectivity index (χ3v) is 3.40. The average molecular weight is 272 g/mol. The standard InChI is InChI=1S/C16H32O3/c1-3-5-6-7-8-9-10-11-12-13-14-19-16(18)15(17)4-2/h15,17H,3-14H2,1-2H3. The van der Waals surface area contributed by atoms with Crippen LogP contribution in [0, 0.1) is 0 Å². The highest BCUT2D eigenvalue weighted by atomic mass is 16.5. The van der Waals surface area contributed by atoms with Crippen LogP contribution in [0.15, 0.2) is 0 Å². The van der Waals surface area contributed by atoms with Crippen molar-refractivity contribution < 1.29 is 14.6 Å². The molecular formula is C16H32O3. The zero-order valence-corrected chi connectivity index (χ0v) is 12.8. The number of rotatable bonds is 13. The van der Waals surface area contributed by atoms with Crippen LogP contribution >= 0.6 is 0 Å². The Bertz CT molecular complexity index is 204. The third kappa shape index (κ3) is 12.2. The number of carbonyl (C=O) groups excluding carboxylic acids is 1. The van der Waals surface area contributed by atoms with Crippen molar-refractivity contribution in [1.29, 1.82) is 0 Å². The van der Waals surface area contributed by atoms with Crippen LogP contribution in [-0.4, -0.2) is 23.8 Å². The molecule has 0 spiro atoms. The lowest BCUT2D eigenvalue weighted by atomic mass is 10.1. The van der Waals surface area contributed by atoms with Gasteiger partial charge in [0.1, 0.15) is 0 Å². The Kier molecular flexibility index (Phi) is 13.4. The molecule has 0 aliphatic carbocycles. The van der Waals surface area contributed by atoms with E-state index in [1.807, 2.05) is 0 Å². The first-order valence-corrected chi connectivity index (χ1v) is 8.07. The van der Waals surface area contributed by atoms with E-state index in [0.717, 1.165) is 12.8 Å². The molecule has 1 unspecified atom stereocenters. The van der Waals surface area contributed by atoms with E-state index >= 15 is 0 Å². The highest BCUT2D eigenvalue weighted by molar-refractivity contribution is 5.74. The second-order valence-corrected chi connectivity index (χ2v) is 5.27. The van der Waals surface area contributed by atoms with Crippen LogP contribution in [0.2, 0.25) is 0 Å². The summed E-state index contributed by atoms with van der Waals surface area (Å²) in [4.78, 5) is 11.2. The number of hydrogen-bond acceptors (Lipinski definition) is 3. The second-order valence-electron chi connectivity index (χ2n) is 5.27. The molecule has 0 aliphatic heterocycles. The van der Waals surface area contributed by atoms with Crippen molar-refractivity contribution in [2.24, 2.45) is 0 Å². The summed E-state index contributed by atoms with van der Waals surface area (Å²) in [7, 11) is 0. The maximum Gasteiger partial charge on any atom is 0.334 e. The molecular weight excluding hydrogens is 240 g/mol. The quantitative estimate of drug-likeness (QED) is 0.403. The van der Waals surface area contributed by atoms with Gasteiger partial charge in [-0.2, -0.15) is 0 Å². The molecule has 0 saturated heterocycles. The van der Waals surface area contributed by atoms with E-state index in [9.17, 15) is 9.90 Å². The maximum atomic E-state index is 11.2. The lowest BCUT2D eigenvalue weighted by Gasteiger charge is -2.08. The number of unbranched alkanes of at least 4 members (excludes halogenated alkanes) is 9. The van der Waals surface area contributed by atoms with Crippen molar-refractivity contribution in [1.82, 2.24) is 0 Å². The SMILES string of the molecule is CCCCCCCCCCCCOC(=O)C(O)CC. The molecule has 0 fully saturated rings. The molecule has 3 heteroatoms. The van der Waals surface area contributed by atoms with Gasteiger partial charge in [0.2, 0.25) is 0 Å². The van der Waals surface area contributed by atoms with E-state index < -0.39 is 12.1 Å².